The fourth-order valence-electron chi connectivity index (χ4n) is 4.63. The van der Waals surface area contributed by atoms with Crippen molar-refractivity contribution in [1.29, 1.82) is 0 Å². The van der Waals surface area contributed by atoms with Gasteiger partial charge in [-0.25, -0.2) is 18.1 Å². The standard InChI is InChI=1S/C27H29N5O3S/c1-19-4-8-22(9-5-19)24-12-13-28-27-26(24)21(3)29-32(27)18-25(33)30-14-16-31(17-15-30)36(34,35)23-10-6-20(2)7-11-23/h4-13H,14-18H2,1-3H3. The molecule has 0 unspecified atom stereocenters. The summed E-state index contributed by atoms with van der Waals surface area (Å²) in [5.41, 5.74) is 5.79. The van der Waals surface area contributed by atoms with Gasteiger partial charge in [0.05, 0.1) is 10.6 Å². The summed E-state index contributed by atoms with van der Waals surface area (Å²) in [6.45, 7) is 7.15. The van der Waals surface area contributed by atoms with E-state index in [2.05, 4.69) is 41.3 Å². The molecule has 4 aromatic rings. The summed E-state index contributed by atoms with van der Waals surface area (Å²) >= 11 is 0. The fraction of sp³-hybridized carbons (Fsp3) is 0.296. The van der Waals surface area contributed by atoms with Crippen LogP contribution in [0, 0.1) is 20.8 Å². The minimum Gasteiger partial charge on any atom is -0.338 e. The Hall–Kier alpha value is -3.56. The number of aromatic nitrogens is 3. The largest absolute Gasteiger partial charge is 0.338 e. The summed E-state index contributed by atoms with van der Waals surface area (Å²) in [5, 5.41) is 5.56. The second kappa shape index (κ2) is 9.48. The molecule has 1 aliphatic rings. The van der Waals surface area contributed by atoms with E-state index >= 15 is 0 Å². The molecule has 1 saturated heterocycles. The molecule has 0 bridgehead atoms. The molecular formula is C27H29N5O3S. The van der Waals surface area contributed by atoms with Crippen LogP contribution in [0.2, 0.25) is 0 Å². The maximum Gasteiger partial charge on any atom is 0.244 e. The molecule has 5 rings (SSSR count). The SMILES string of the molecule is Cc1ccc(-c2ccnc3c2c(C)nn3CC(=O)N2CCN(S(=O)(=O)c3ccc(C)cc3)CC2)cc1. The van der Waals surface area contributed by atoms with Crippen LogP contribution in [0.1, 0.15) is 16.8 Å². The smallest absolute Gasteiger partial charge is 0.244 e. The number of piperazine rings is 1. The highest BCUT2D eigenvalue weighted by molar-refractivity contribution is 7.89. The number of fused-ring (bicyclic) bond motifs is 1. The molecule has 2 aromatic carbocycles. The zero-order chi connectivity index (χ0) is 25.4. The quantitative estimate of drug-likeness (QED) is 0.416. The first-order valence-corrected chi connectivity index (χ1v) is 13.4. The van der Waals surface area contributed by atoms with Gasteiger partial charge in [-0.2, -0.15) is 9.40 Å². The number of carbonyl (C=O) groups is 1. The number of hydrogen-bond donors (Lipinski definition) is 0. The third-order valence-electron chi connectivity index (χ3n) is 6.71. The summed E-state index contributed by atoms with van der Waals surface area (Å²) < 4.78 is 29.1. The van der Waals surface area contributed by atoms with Crippen LogP contribution in [0.15, 0.2) is 65.7 Å². The van der Waals surface area contributed by atoms with Crippen LogP contribution in [-0.4, -0.2) is 64.5 Å². The zero-order valence-electron chi connectivity index (χ0n) is 20.7. The van der Waals surface area contributed by atoms with E-state index in [1.54, 1.807) is 40.0 Å². The Labute approximate surface area is 211 Å². The van der Waals surface area contributed by atoms with E-state index in [0.717, 1.165) is 27.8 Å². The minimum absolute atomic E-state index is 0.0550. The van der Waals surface area contributed by atoms with Crippen LogP contribution < -0.4 is 0 Å². The van der Waals surface area contributed by atoms with Crippen molar-refractivity contribution in [2.75, 3.05) is 26.2 Å². The van der Waals surface area contributed by atoms with E-state index in [9.17, 15) is 13.2 Å². The maximum atomic E-state index is 13.1. The van der Waals surface area contributed by atoms with Gasteiger partial charge in [-0.05, 0) is 50.1 Å². The molecule has 1 fully saturated rings. The van der Waals surface area contributed by atoms with Crippen LogP contribution in [0.4, 0.5) is 0 Å². The van der Waals surface area contributed by atoms with Crippen molar-refractivity contribution < 1.29 is 13.2 Å². The van der Waals surface area contributed by atoms with E-state index < -0.39 is 10.0 Å². The highest BCUT2D eigenvalue weighted by Crippen LogP contribution is 2.30. The number of pyridine rings is 1. The van der Waals surface area contributed by atoms with Gasteiger partial charge in [0.2, 0.25) is 15.9 Å². The zero-order valence-corrected chi connectivity index (χ0v) is 21.5. The molecular weight excluding hydrogens is 474 g/mol. The van der Waals surface area contributed by atoms with Gasteiger partial charge in [0.25, 0.3) is 0 Å². The highest BCUT2D eigenvalue weighted by Gasteiger charge is 2.30. The van der Waals surface area contributed by atoms with Crippen molar-refractivity contribution in [3.8, 4) is 11.1 Å². The Kier molecular flexibility index (Phi) is 6.36. The van der Waals surface area contributed by atoms with Gasteiger partial charge in [0, 0.05) is 37.8 Å². The van der Waals surface area contributed by atoms with Crippen LogP contribution in [-0.2, 0) is 21.4 Å². The van der Waals surface area contributed by atoms with Crippen molar-refractivity contribution in [3.05, 3.63) is 77.6 Å². The topological polar surface area (TPSA) is 88.4 Å². The van der Waals surface area contributed by atoms with E-state index in [-0.39, 0.29) is 30.4 Å². The predicted molar refractivity (Wildman–Crippen MR) is 139 cm³/mol. The van der Waals surface area contributed by atoms with Gasteiger partial charge in [-0.15, -0.1) is 0 Å². The molecule has 0 spiro atoms. The molecule has 186 valence electrons. The molecule has 36 heavy (non-hydrogen) atoms. The molecule has 1 aliphatic heterocycles. The number of rotatable bonds is 5. The molecule has 0 radical (unpaired) electrons. The number of nitrogens with zero attached hydrogens (tertiary/aromatic N) is 5. The van der Waals surface area contributed by atoms with Crippen molar-refractivity contribution >= 4 is 27.0 Å². The lowest BCUT2D eigenvalue weighted by molar-refractivity contribution is -0.133. The normalized spacial score (nSPS) is 14.9. The van der Waals surface area contributed by atoms with Gasteiger partial charge in [-0.1, -0.05) is 47.5 Å². The number of aryl methyl sites for hydroxylation is 3. The van der Waals surface area contributed by atoms with Crippen molar-refractivity contribution in [2.45, 2.75) is 32.2 Å². The predicted octanol–water partition coefficient (Wildman–Crippen LogP) is 3.56. The van der Waals surface area contributed by atoms with Crippen LogP contribution in [0.3, 0.4) is 0 Å². The Balaban J connectivity index is 1.31. The molecule has 9 heteroatoms. The van der Waals surface area contributed by atoms with E-state index in [4.69, 9.17) is 0 Å². The molecule has 8 nitrogen and oxygen atoms in total. The fourth-order valence-corrected chi connectivity index (χ4v) is 6.05. The lowest BCUT2D eigenvalue weighted by Gasteiger charge is -2.34. The molecule has 0 saturated carbocycles. The summed E-state index contributed by atoms with van der Waals surface area (Å²) in [7, 11) is -3.58. The molecule has 0 N–H and O–H groups in total. The molecule has 2 aromatic heterocycles. The second-order valence-electron chi connectivity index (χ2n) is 9.26. The van der Waals surface area contributed by atoms with E-state index in [1.165, 1.54) is 9.87 Å². The third kappa shape index (κ3) is 4.52. The van der Waals surface area contributed by atoms with Crippen molar-refractivity contribution in [1.82, 2.24) is 24.0 Å². The number of amides is 1. The first-order chi connectivity index (χ1) is 17.2. The summed E-state index contributed by atoms with van der Waals surface area (Å²) in [4.78, 5) is 19.7. The monoisotopic (exact) mass is 503 g/mol. The Morgan fingerprint density at radius 2 is 1.47 bits per heavy atom. The molecule has 1 amide bonds. The number of hydrogen-bond acceptors (Lipinski definition) is 5. The Bertz CT molecular complexity index is 1520. The molecule has 0 aliphatic carbocycles. The first-order valence-electron chi connectivity index (χ1n) is 12.0. The van der Waals surface area contributed by atoms with Gasteiger partial charge >= 0.3 is 0 Å². The van der Waals surface area contributed by atoms with Gasteiger partial charge in [-0.3, -0.25) is 4.79 Å². The van der Waals surface area contributed by atoms with Crippen LogP contribution in [0.25, 0.3) is 22.2 Å². The lowest BCUT2D eigenvalue weighted by atomic mass is 10.0. The molecule has 0 atom stereocenters. The van der Waals surface area contributed by atoms with Gasteiger partial charge < -0.3 is 4.90 Å². The van der Waals surface area contributed by atoms with E-state index in [1.807, 2.05) is 19.9 Å². The van der Waals surface area contributed by atoms with Crippen LogP contribution >= 0.6 is 0 Å². The van der Waals surface area contributed by atoms with Gasteiger partial charge in [0.15, 0.2) is 5.65 Å². The molecule has 3 heterocycles. The lowest BCUT2D eigenvalue weighted by Crippen LogP contribution is -2.51. The summed E-state index contributed by atoms with van der Waals surface area (Å²) in [5.74, 6) is -0.102. The average molecular weight is 504 g/mol. The first kappa shape index (κ1) is 24.1. The number of benzene rings is 2. The third-order valence-corrected chi connectivity index (χ3v) is 8.62. The number of sulfonamides is 1. The van der Waals surface area contributed by atoms with Gasteiger partial charge in [0.1, 0.15) is 6.54 Å². The highest BCUT2D eigenvalue weighted by atomic mass is 32.2. The summed E-state index contributed by atoms with van der Waals surface area (Å²) in [6.07, 6.45) is 1.74. The summed E-state index contributed by atoms with van der Waals surface area (Å²) in [6, 6.07) is 17.1. The van der Waals surface area contributed by atoms with Crippen molar-refractivity contribution in [2.24, 2.45) is 0 Å². The Morgan fingerprint density at radius 1 is 0.861 bits per heavy atom. The van der Waals surface area contributed by atoms with E-state index in [0.29, 0.717) is 18.7 Å². The number of carbonyl (C=O) groups excluding carboxylic acids is 1. The average Bonchev–Trinajstić information content (AvgIpc) is 3.20. The maximum absolute atomic E-state index is 13.1. The Morgan fingerprint density at radius 3 is 2.11 bits per heavy atom. The second-order valence-corrected chi connectivity index (χ2v) is 11.2. The minimum atomic E-state index is -3.58. The van der Waals surface area contributed by atoms with Crippen LogP contribution in [0.5, 0.6) is 0 Å². The van der Waals surface area contributed by atoms with Crippen molar-refractivity contribution in [3.63, 3.8) is 0 Å².